The summed E-state index contributed by atoms with van der Waals surface area (Å²) >= 11 is 12.9. The number of aryl methyl sites for hydroxylation is 1. The molecule has 0 fully saturated rings. The number of nitrogens with one attached hydrogen (secondary N) is 1. The van der Waals surface area contributed by atoms with E-state index in [4.69, 9.17) is 27.9 Å². The average molecular weight is 697 g/mol. The Morgan fingerprint density at radius 2 is 1.57 bits per heavy atom. The summed E-state index contributed by atoms with van der Waals surface area (Å²) in [5.41, 5.74) is 2.44. The van der Waals surface area contributed by atoms with Crippen LogP contribution in [0.15, 0.2) is 102 Å². The predicted octanol–water partition coefficient (Wildman–Crippen LogP) is 7.06. The molecule has 4 aromatic carbocycles. The van der Waals surface area contributed by atoms with Gasteiger partial charge in [-0.05, 0) is 73.9 Å². The minimum absolute atomic E-state index is 0.00313. The lowest BCUT2D eigenvalue weighted by atomic mass is 10.0. The summed E-state index contributed by atoms with van der Waals surface area (Å²) in [6.45, 7) is 5.05. The van der Waals surface area contributed by atoms with Crippen molar-refractivity contribution in [3.8, 4) is 5.75 Å². The van der Waals surface area contributed by atoms with Crippen LogP contribution in [0.2, 0.25) is 10.0 Å². The zero-order valence-electron chi connectivity index (χ0n) is 26.8. The molecule has 0 heterocycles. The van der Waals surface area contributed by atoms with Crippen LogP contribution < -0.4 is 14.4 Å². The number of methoxy groups -OCH3 is 1. The number of amides is 2. The molecule has 47 heavy (non-hydrogen) atoms. The quantitative estimate of drug-likeness (QED) is 0.152. The van der Waals surface area contributed by atoms with Gasteiger partial charge in [0.1, 0.15) is 18.3 Å². The van der Waals surface area contributed by atoms with Gasteiger partial charge in [-0.2, -0.15) is 0 Å². The molecule has 2 unspecified atom stereocenters. The summed E-state index contributed by atoms with van der Waals surface area (Å²) in [6, 6.07) is 26.2. The summed E-state index contributed by atoms with van der Waals surface area (Å²) < 4.78 is 34.9. The van der Waals surface area contributed by atoms with Gasteiger partial charge in [0.15, 0.2) is 0 Å². The number of sulfonamides is 1. The zero-order valence-corrected chi connectivity index (χ0v) is 29.1. The molecule has 11 heteroatoms. The first-order chi connectivity index (χ1) is 22.4. The Morgan fingerprint density at radius 1 is 0.894 bits per heavy atom. The lowest BCUT2D eigenvalue weighted by Crippen LogP contribution is -2.54. The third-order valence-electron chi connectivity index (χ3n) is 7.82. The molecular weight excluding hydrogens is 657 g/mol. The number of benzene rings is 4. The van der Waals surface area contributed by atoms with E-state index in [9.17, 15) is 18.0 Å². The lowest BCUT2D eigenvalue weighted by molar-refractivity contribution is -0.140. The highest BCUT2D eigenvalue weighted by Crippen LogP contribution is 2.33. The second-order valence-electron chi connectivity index (χ2n) is 11.3. The molecule has 4 rings (SSSR count). The first-order valence-corrected chi connectivity index (χ1v) is 17.4. The number of carbonyl (C=O) groups excluding carboxylic acids is 2. The molecule has 1 N–H and O–H groups in total. The third-order valence-corrected chi connectivity index (χ3v) is 10.2. The van der Waals surface area contributed by atoms with Crippen molar-refractivity contribution in [2.24, 2.45) is 0 Å². The third kappa shape index (κ3) is 9.28. The van der Waals surface area contributed by atoms with Crippen molar-refractivity contribution in [2.45, 2.75) is 57.1 Å². The van der Waals surface area contributed by atoms with Crippen LogP contribution in [-0.4, -0.2) is 50.9 Å². The fourth-order valence-corrected chi connectivity index (χ4v) is 6.85. The topological polar surface area (TPSA) is 96.0 Å². The molecule has 0 bridgehead atoms. The number of halogens is 2. The van der Waals surface area contributed by atoms with Gasteiger partial charge in [-0.3, -0.25) is 13.9 Å². The summed E-state index contributed by atoms with van der Waals surface area (Å²) in [4.78, 5) is 30.0. The van der Waals surface area contributed by atoms with Crippen molar-refractivity contribution >= 4 is 50.7 Å². The molecule has 0 radical (unpaired) electrons. The molecule has 0 saturated heterocycles. The molecule has 0 saturated carbocycles. The monoisotopic (exact) mass is 695 g/mol. The number of hydrogen-bond donors (Lipinski definition) is 1. The minimum Gasteiger partial charge on any atom is -0.497 e. The van der Waals surface area contributed by atoms with Crippen molar-refractivity contribution in [3.63, 3.8) is 0 Å². The van der Waals surface area contributed by atoms with Crippen molar-refractivity contribution in [2.75, 3.05) is 18.0 Å². The molecule has 2 atom stereocenters. The maximum atomic E-state index is 14.6. The van der Waals surface area contributed by atoms with Crippen LogP contribution in [0.4, 0.5) is 5.69 Å². The van der Waals surface area contributed by atoms with Gasteiger partial charge in [0, 0.05) is 24.0 Å². The molecule has 0 aliphatic heterocycles. The van der Waals surface area contributed by atoms with E-state index in [2.05, 4.69) is 5.32 Å². The average Bonchev–Trinajstić information content (AvgIpc) is 3.06. The Kier molecular flexibility index (Phi) is 12.3. The van der Waals surface area contributed by atoms with Crippen LogP contribution >= 0.6 is 23.2 Å². The van der Waals surface area contributed by atoms with Crippen molar-refractivity contribution in [3.05, 3.63) is 124 Å². The highest BCUT2D eigenvalue weighted by molar-refractivity contribution is 7.92. The Morgan fingerprint density at radius 3 is 2.23 bits per heavy atom. The number of carbonyl (C=O) groups is 2. The van der Waals surface area contributed by atoms with E-state index in [0.717, 1.165) is 15.4 Å². The highest BCUT2D eigenvalue weighted by atomic mass is 35.5. The molecular formula is C36H39Cl2N3O5S. The van der Waals surface area contributed by atoms with Gasteiger partial charge >= 0.3 is 0 Å². The van der Waals surface area contributed by atoms with Gasteiger partial charge in [0.25, 0.3) is 10.0 Å². The molecule has 2 amide bonds. The van der Waals surface area contributed by atoms with Gasteiger partial charge in [0.05, 0.1) is 22.7 Å². The Balaban J connectivity index is 1.85. The fourth-order valence-electron chi connectivity index (χ4n) is 4.99. The molecule has 0 aliphatic carbocycles. The van der Waals surface area contributed by atoms with Crippen molar-refractivity contribution < 1.29 is 22.7 Å². The standard InChI is InChI=1S/C36H39Cl2N3O5S/c1-5-26(3)39-36(43)34(21-27-10-7-6-8-11-27)40(23-28-12-9-13-30(20-28)46-4)35(42)24-41(33-22-29(37)16-19-32(33)38)47(44,45)31-17-14-25(2)15-18-31/h6-20,22,26,34H,5,21,23-24H2,1-4H3,(H,39,43). The van der Waals surface area contributed by atoms with Crippen LogP contribution in [0.25, 0.3) is 0 Å². The van der Waals surface area contributed by atoms with E-state index < -0.39 is 28.5 Å². The van der Waals surface area contributed by atoms with E-state index in [1.165, 1.54) is 35.2 Å². The van der Waals surface area contributed by atoms with Gasteiger partial charge < -0.3 is 15.0 Å². The van der Waals surface area contributed by atoms with E-state index in [-0.39, 0.29) is 45.5 Å². The summed E-state index contributed by atoms with van der Waals surface area (Å²) in [5, 5.41) is 3.36. The number of anilines is 1. The fraction of sp³-hybridized carbons (Fsp3) is 0.278. The van der Waals surface area contributed by atoms with Gasteiger partial charge in [-0.1, -0.05) is 90.3 Å². The molecule has 4 aromatic rings. The number of hydrogen-bond acceptors (Lipinski definition) is 5. The zero-order chi connectivity index (χ0) is 34.1. The molecule has 0 aliphatic rings. The first-order valence-electron chi connectivity index (χ1n) is 15.2. The van der Waals surface area contributed by atoms with Crippen molar-refractivity contribution in [1.29, 1.82) is 0 Å². The second-order valence-corrected chi connectivity index (χ2v) is 14.0. The van der Waals surface area contributed by atoms with E-state index in [1.807, 2.05) is 57.2 Å². The SMILES string of the molecule is CCC(C)NC(=O)C(Cc1ccccc1)N(Cc1cccc(OC)c1)C(=O)CN(c1cc(Cl)ccc1Cl)S(=O)(=O)c1ccc(C)cc1. The molecule has 0 aromatic heterocycles. The number of rotatable bonds is 14. The van der Waals surface area contributed by atoms with Gasteiger partial charge in [-0.15, -0.1) is 0 Å². The van der Waals surface area contributed by atoms with E-state index >= 15 is 0 Å². The Hall–Kier alpha value is -4.05. The Labute approximate surface area is 287 Å². The normalized spacial score (nSPS) is 12.6. The van der Waals surface area contributed by atoms with Crippen LogP contribution in [0, 0.1) is 6.92 Å². The van der Waals surface area contributed by atoms with Crippen LogP contribution in [0.3, 0.4) is 0 Å². The highest BCUT2D eigenvalue weighted by Gasteiger charge is 2.35. The maximum absolute atomic E-state index is 14.6. The van der Waals surface area contributed by atoms with Gasteiger partial charge in [-0.25, -0.2) is 8.42 Å². The largest absolute Gasteiger partial charge is 0.497 e. The van der Waals surface area contributed by atoms with Gasteiger partial charge in [0.2, 0.25) is 11.8 Å². The van der Waals surface area contributed by atoms with Crippen LogP contribution in [0.5, 0.6) is 5.75 Å². The summed E-state index contributed by atoms with van der Waals surface area (Å²) in [6.07, 6.45) is 0.880. The predicted molar refractivity (Wildman–Crippen MR) is 188 cm³/mol. The van der Waals surface area contributed by atoms with E-state index in [1.54, 1.807) is 37.4 Å². The minimum atomic E-state index is -4.33. The van der Waals surface area contributed by atoms with E-state index in [0.29, 0.717) is 17.7 Å². The van der Waals surface area contributed by atoms with Crippen molar-refractivity contribution in [1.82, 2.24) is 10.2 Å². The first kappa shape index (κ1) is 35.8. The molecule has 8 nitrogen and oxygen atoms in total. The number of ether oxygens (including phenoxy) is 1. The molecule has 248 valence electrons. The maximum Gasteiger partial charge on any atom is 0.264 e. The summed E-state index contributed by atoms with van der Waals surface area (Å²) in [7, 11) is -2.78. The summed E-state index contributed by atoms with van der Waals surface area (Å²) in [5.74, 6) is -0.388. The molecule has 0 spiro atoms. The Bertz CT molecular complexity index is 1790. The second kappa shape index (κ2) is 16.2. The smallest absolute Gasteiger partial charge is 0.264 e. The van der Waals surface area contributed by atoms with Crippen LogP contribution in [0.1, 0.15) is 37.0 Å². The lowest BCUT2D eigenvalue weighted by Gasteiger charge is -2.34. The van der Waals surface area contributed by atoms with Crippen LogP contribution in [-0.2, 0) is 32.6 Å². The number of nitrogens with zero attached hydrogens (tertiary/aromatic N) is 2.